The number of aromatic nitrogens is 4. The fourth-order valence-corrected chi connectivity index (χ4v) is 5.43. The number of aromatic hydroxyl groups is 1. The summed E-state index contributed by atoms with van der Waals surface area (Å²) in [7, 11) is 0. The van der Waals surface area contributed by atoms with Gasteiger partial charge < -0.3 is 50.1 Å². The quantitative estimate of drug-likeness (QED) is 0.103. The first-order valence-electron chi connectivity index (χ1n) is 13.8. The number of phenolic OH excluding ortho intramolecular Hbond substituents is 1. The van der Waals surface area contributed by atoms with Crippen molar-refractivity contribution in [1.82, 2.24) is 44.5 Å². The predicted molar refractivity (Wildman–Crippen MR) is 194 cm³/mol. The van der Waals surface area contributed by atoms with Gasteiger partial charge in [0.15, 0.2) is 5.75 Å². The summed E-state index contributed by atoms with van der Waals surface area (Å²) in [4.78, 5) is 35.9. The van der Waals surface area contributed by atoms with Gasteiger partial charge in [-0.3, -0.25) is 9.78 Å². The maximum atomic E-state index is 13.0. The third kappa shape index (κ3) is 8.78. The summed E-state index contributed by atoms with van der Waals surface area (Å²) in [6.45, 7) is 3.75. The summed E-state index contributed by atoms with van der Waals surface area (Å²) in [5.41, 5.74) is 1.58. The maximum Gasteiger partial charge on any atom is 0.259 e. The molecule has 2 fully saturated rings. The van der Waals surface area contributed by atoms with Crippen molar-refractivity contribution in [3.8, 4) is 5.75 Å². The fraction of sp³-hybridized carbons (Fsp3) is 0.345. The van der Waals surface area contributed by atoms with Gasteiger partial charge in [0.05, 0.1) is 16.3 Å². The van der Waals surface area contributed by atoms with Crippen molar-refractivity contribution in [3.63, 3.8) is 0 Å². The molecule has 14 nitrogen and oxygen atoms in total. The molecule has 45 heavy (non-hydrogen) atoms. The van der Waals surface area contributed by atoms with Crippen LogP contribution in [0, 0.1) is 0 Å². The molecule has 6 rings (SSSR count). The van der Waals surface area contributed by atoms with E-state index in [4.69, 9.17) is 26.6 Å². The van der Waals surface area contributed by atoms with Crippen molar-refractivity contribution in [1.29, 1.82) is 0 Å². The van der Waals surface area contributed by atoms with Gasteiger partial charge in [-0.1, -0.05) is 23.7 Å². The van der Waals surface area contributed by atoms with Crippen molar-refractivity contribution in [2.45, 2.75) is 38.5 Å². The van der Waals surface area contributed by atoms with Gasteiger partial charge >= 0.3 is 0 Å². The number of nitrogens with zero attached hydrogens (tertiary/aromatic N) is 6. The molecule has 15 N–H and O–H groups in total. The van der Waals surface area contributed by atoms with E-state index >= 15 is 0 Å². The zero-order chi connectivity index (χ0) is 27.5. The molecule has 4 aromatic rings. The third-order valence-electron chi connectivity index (χ3n) is 7.36. The lowest BCUT2D eigenvalue weighted by Gasteiger charge is -2.30. The zero-order valence-electron chi connectivity index (χ0n) is 25.3. The first-order valence-corrected chi connectivity index (χ1v) is 14.1. The summed E-state index contributed by atoms with van der Waals surface area (Å²) in [5, 5.41) is 17.8. The van der Waals surface area contributed by atoms with Crippen molar-refractivity contribution >= 4 is 70.0 Å². The largest absolute Gasteiger partial charge is 0.505 e. The van der Waals surface area contributed by atoms with Crippen LogP contribution in [0.1, 0.15) is 54.6 Å². The van der Waals surface area contributed by atoms with E-state index in [0.717, 1.165) is 57.2 Å². The molecule has 0 aliphatic carbocycles. The number of fused-ring (bicyclic) bond motifs is 1. The van der Waals surface area contributed by atoms with Crippen LogP contribution in [0.15, 0.2) is 48.7 Å². The number of hydrogen-bond donors (Lipinski definition) is 7. The first kappa shape index (κ1) is 39.0. The van der Waals surface area contributed by atoms with Gasteiger partial charge in [0.25, 0.3) is 5.91 Å². The summed E-state index contributed by atoms with van der Waals surface area (Å²) in [6.07, 6.45) is 8.54. The molecule has 0 saturated carbocycles. The number of nitrogens with one attached hydrogen (secondary N) is 2. The van der Waals surface area contributed by atoms with Crippen LogP contribution >= 0.6 is 24.0 Å². The Balaban J connectivity index is -0.00000112. The van der Waals surface area contributed by atoms with Crippen LogP contribution in [-0.2, 0) is 0 Å². The highest BCUT2D eigenvalue weighted by atomic mass is 35.5. The van der Waals surface area contributed by atoms with Crippen molar-refractivity contribution in [3.05, 3.63) is 59.2 Å². The molecule has 2 saturated heterocycles. The highest BCUT2D eigenvalue weighted by molar-refractivity contribution is 6.34. The Hall–Kier alpha value is -4.05. The van der Waals surface area contributed by atoms with Gasteiger partial charge in [0.1, 0.15) is 5.52 Å². The number of pyridine rings is 1. The normalized spacial score (nSPS) is 14.0. The molecule has 2 aromatic carbocycles. The van der Waals surface area contributed by atoms with Gasteiger partial charge in [-0.25, -0.2) is 0 Å². The van der Waals surface area contributed by atoms with Gasteiger partial charge in [0.2, 0.25) is 17.8 Å². The Labute approximate surface area is 280 Å². The first-order chi connectivity index (χ1) is 19.5. The molecule has 2 aromatic heterocycles. The fourth-order valence-electron chi connectivity index (χ4n) is 5.21. The monoisotopic (exact) mass is 670 g/mol. The Bertz CT molecular complexity index is 1530. The van der Waals surface area contributed by atoms with Crippen LogP contribution < -0.4 is 45.0 Å². The highest BCUT2D eigenvalue weighted by Crippen LogP contribution is 2.31. The number of carbonyl (C=O) groups excluding carboxylic acids is 1. The summed E-state index contributed by atoms with van der Waals surface area (Å²) in [5.74, 6) is 1.18. The number of piperidine rings is 2. The van der Waals surface area contributed by atoms with E-state index in [2.05, 4.69) is 25.4 Å². The SMILES string of the molecule is Cl.N.N.N.N.O=C(Nc1ccc(Nc2nc(N3CCCCC3)nc(N3CCCCC3)n2)cc1Cl)c1ccc2cccnc2c1O.[HH].[HH].[HH].[HH]. The van der Waals surface area contributed by atoms with Crippen LogP contribution in [0.5, 0.6) is 5.75 Å². The molecule has 2 aliphatic rings. The van der Waals surface area contributed by atoms with Crippen molar-refractivity contribution in [2.75, 3.05) is 46.6 Å². The van der Waals surface area contributed by atoms with Gasteiger partial charge in [-0.15, -0.1) is 12.4 Å². The molecular weight excluding hydrogens is 619 g/mol. The summed E-state index contributed by atoms with van der Waals surface area (Å²) < 4.78 is 0. The Morgan fingerprint density at radius 1 is 0.822 bits per heavy atom. The molecule has 0 spiro atoms. The molecule has 0 atom stereocenters. The average molecular weight is 672 g/mol. The molecule has 0 radical (unpaired) electrons. The minimum absolute atomic E-state index is 0. The lowest BCUT2D eigenvalue weighted by atomic mass is 10.1. The van der Waals surface area contributed by atoms with Gasteiger partial charge in [-0.2, -0.15) is 15.0 Å². The number of amides is 1. The molecule has 16 heteroatoms. The second-order valence-corrected chi connectivity index (χ2v) is 10.6. The van der Waals surface area contributed by atoms with Crippen LogP contribution in [-0.4, -0.2) is 57.1 Å². The second kappa shape index (κ2) is 17.4. The molecule has 254 valence electrons. The van der Waals surface area contributed by atoms with Crippen molar-refractivity contribution in [2.24, 2.45) is 0 Å². The zero-order valence-corrected chi connectivity index (χ0v) is 26.9. The van der Waals surface area contributed by atoms with E-state index in [1.807, 2.05) is 6.07 Å². The van der Waals surface area contributed by atoms with Crippen LogP contribution in [0.2, 0.25) is 5.02 Å². The lowest BCUT2D eigenvalue weighted by Crippen LogP contribution is -2.34. The van der Waals surface area contributed by atoms with Gasteiger partial charge in [0, 0.05) is 49.2 Å². The molecule has 0 unspecified atom stereocenters. The number of carbonyl (C=O) groups is 1. The van der Waals surface area contributed by atoms with E-state index in [1.165, 1.54) is 12.8 Å². The number of phenols is 1. The number of benzene rings is 2. The van der Waals surface area contributed by atoms with Gasteiger partial charge in [-0.05, 0) is 68.9 Å². The standard InChI is InChI=1S/C29H31ClN8O2.ClH.4H3N.4H2/c30-22-18-20(10-12-23(22)33-26(40)21-11-9-19-8-7-13-31-24(19)25(21)39)32-27-34-28(37-14-3-1-4-15-37)36-29(35-27)38-16-5-2-6-17-38;;;;;;;;;/h7-13,18,39H,1-6,14-17H2,(H,33,40)(H,32,34,35,36);1H;4*1H3;4*1H. The molecular formula is C29H52Cl2N12O2. The van der Waals surface area contributed by atoms with E-state index in [-0.39, 0.29) is 54.0 Å². The molecule has 1 amide bonds. The Morgan fingerprint density at radius 2 is 1.42 bits per heavy atom. The molecule has 4 heterocycles. The summed E-state index contributed by atoms with van der Waals surface area (Å²) in [6, 6.07) is 12.1. The number of halogens is 2. The van der Waals surface area contributed by atoms with E-state index in [9.17, 15) is 9.90 Å². The number of hydrogen-bond acceptors (Lipinski definition) is 13. The number of rotatable bonds is 6. The third-order valence-corrected chi connectivity index (χ3v) is 7.67. The molecule has 0 bridgehead atoms. The van der Waals surface area contributed by atoms with Crippen molar-refractivity contribution < 1.29 is 15.6 Å². The van der Waals surface area contributed by atoms with Crippen LogP contribution in [0.3, 0.4) is 0 Å². The second-order valence-electron chi connectivity index (χ2n) is 10.2. The minimum Gasteiger partial charge on any atom is -0.505 e. The number of anilines is 5. The smallest absolute Gasteiger partial charge is 0.259 e. The minimum atomic E-state index is -0.484. The summed E-state index contributed by atoms with van der Waals surface area (Å²) >= 11 is 6.57. The lowest BCUT2D eigenvalue weighted by molar-refractivity contribution is 0.102. The van der Waals surface area contributed by atoms with E-state index in [1.54, 1.807) is 42.6 Å². The highest BCUT2D eigenvalue weighted by Gasteiger charge is 2.21. The predicted octanol–water partition coefficient (Wildman–Crippen LogP) is 7.81. The Morgan fingerprint density at radius 3 is 2.00 bits per heavy atom. The average Bonchev–Trinajstić information content (AvgIpc) is 2.99. The van der Waals surface area contributed by atoms with Crippen LogP contribution in [0.4, 0.5) is 29.2 Å². The topological polar surface area (TPSA) is 259 Å². The molecule has 2 aliphatic heterocycles. The van der Waals surface area contributed by atoms with E-state index in [0.29, 0.717) is 39.8 Å². The van der Waals surface area contributed by atoms with Crippen LogP contribution in [0.25, 0.3) is 10.9 Å². The Kier molecular flexibility index (Phi) is 15.1. The van der Waals surface area contributed by atoms with E-state index < -0.39 is 5.91 Å². The maximum absolute atomic E-state index is 13.0.